The minimum absolute atomic E-state index is 0.0831. The van der Waals surface area contributed by atoms with Gasteiger partial charge >= 0.3 is 12.1 Å². The van der Waals surface area contributed by atoms with Gasteiger partial charge in [-0.15, -0.1) is 0 Å². The molecule has 158 valence electrons. The summed E-state index contributed by atoms with van der Waals surface area (Å²) in [5, 5.41) is 0. The molecule has 5 nitrogen and oxygen atoms in total. The van der Waals surface area contributed by atoms with Crippen LogP contribution in [-0.2, 0) is 25.2 Å². The van der Waals surface area contributed by atoms with Crippen LogP contribution in [0.25, 0.3) is 0 Å². The van der Waals surface area contributed by atoms with Crippen LogP contribution < -0.4 is 0 Å². The number of allylic oxidation sites excluding steroid dienone is 2. The van der Waals surface area contributed by atoms with Gasteiger partial charge in [-0.25, -0.2) is 4.79 Å². The first-order valence-corrected chi connectivity index (χ1v) is 9.20. The Balaban J connectivity index is 2.72. The maximum Gasteiger partial charge on any atom is 0.416 e. The van der Waals surface area contributed by atoms with Crippen molar-refractivity contribution in [1.82, 2.24) is 4.90 Å². The quantitative estimate of drug-likeness (QED) is 0.492. The molecule has 0 aromatic heterocycles. The largest absolute Gasteiger partial charge is 0.466 e. The van der Waals surface area contributed by atoms with E-state index in [2.05, 4.69) is 0 Å². The zero-order valence-corrected chi connectivity index (χ0v) is 16.8. The lowest BCUT2D eigenvalue weighted by Gasteiger charge is -2.38. The monoisotopic (exact) mass is 411 g/mol. The van der Waals surface area contributed by atoms with Gasteiger partial charge in [0, 0.05) is 24.4 Å². The molecule has 0 radical (unpaired) electrons. The van der Waals surface area contributed by atoms with Crippen LogP contribution in [0.1, 0.15) is 43.7 Å². The Bertz CT molecular complexity index is 825. The van der Waals surface area contributed by atoms with Crippen molar-refractivity contribution in [3.63, 3.8) is 0 Å². The smallest absolute Gasteiger partial charge is 0.416 e. The van der Waals surface area contributed by atoms with Gasteiger partial charge in [0.15, 0.2) is 0 Å². The molecule has 1 heterocycles. The number of hydrogen-bond acceptors (Lipinski definition) is 5. The van der Waals surface area contributed by atoms with Crippen molar-refractivity contribution in [2.75, 3.05) is 20.8 Å². The van der Waals surface area contributed by atoms with E-state index in [-0.39, 0.29) is 6.61 Å². The topological polar surface area (TPSA) is 55.8 Å². The average Bonchev–Trinajstić information content (AvgIpc) is 2.70. The summed E-state index contributed by atoms with van der Waals surface area (Å²) in [5.74, 6) is -1.25. The summed E-state index contributed by atoms with van der Waals surface area (Å²) >= 11 is 0. The van der Waals surface area contributed by atoms with Gasteiger partial charge < -0.3 is 14.4 Å². The first-order chi connectivity index (χ1) is 13.7. The summed E-state index contributed by atoms with van der Waals surface area (Å²) in [4.78, 5) is 25.4. The molecule has 1 aliphatic rings. The molecule has 2 rings (SSSR count). The van der Waals surface area contributed by atoms with Gasteiger partial charge in [-0.2, -0.15) is 13.2 Å². The van der Waals surface area contributed by atoms with Crippen molar-refractivity contribution in [3.8, 4) is 0 Å². The van der Waals surface area contributed by atoms with Gasteiger partial charge in [-0.05, 0) is 36.1 Å². The van der Waals surface area contributed by atoms with E-state index in [1.54, 1.807) is 0 Å². The standard InChI is InChI=1S/C21H24F3NO4/c1-5-16-15(11-29-12-26)18(13-7-9-14(10-8-13)21(22,23)24)19(20(27)28-4)17(6-2)25(16)3/h7-10,12,18H,5-6,11H2,1-4H3. The fourth-order valence-electron chi connectivity index (χ4n) is 3.83. The van der Waals surface area contributed by atoms with Crippen molar-refractivity contribution in [2.45, 2.75) is 38.8 Å². The van der Waals surface area contributed by atoms with Crippen LogP contribution in [-0.4, -0.2) is 38.1 Å². The van der Waals surface area contributed by atoms with Crippen LogP contribution in [0.3, 0.4) is 0 Å². The fourth-order valence-corrected chi connectivity index (χ4v) is 3.83. The van der Waals surface area contributed by atoms with E-state index in [9.17, 15) is 22.8 Å². The Morgan fingerprint density at radius 1 is 1.14 bits per heavy atom. The number of hydrogen-bond donors (Lipinski definition) is 0. The third kappa shape index (κ3) is 4.46. The third-order valence-corrected chi connectivity index (χ3v) is 5.08. The van der Waals surface area contributed by atoms with Crippen molar-refractivity contribution in [2.24, 2.45) is 0 Å². The maximum atomic E-state index is 13.0. The zero-order valence-electron chi connectivity index (χ0n) is 16.8. The highest BCUT2D eigenvalue weighted by atomic mass is 19.4. The minimum Gasteiger partial charge on any atom is -0.466 e. The van der Waals surface area contributed by atoms with Crippen molar-refractivity contribution < 1.29 is 32.2 Å². The lowest BCUT2D eigenvalue weighted by Crippen LogP contribution is -2.33. The molecular weight excluding hydrogens is 387 g/mol. The summed E-state index contributed by atoms with van der Waals surface area (Å²) in [6, 6.07) is 4.67. The predicted molar refractivity (Wildman–Crippen MR) is 101 cm³/mol. The first-order valence-electron chi connectivity index (χ1n) is 9.20. The van der Waals surface area contributed by atoms with Gasteiger partial charge in [-0.1, -0.05) is 26.0 Å². The Hall–Kier alpha value is -2.77. The number of alkyl halides is 3. The second kappa shape index (κ2) is 9.15. The Morgan fingerprint density at radius 2 is 1.72 bits per heavy atom. The van der Waals surface area contributed by atoms with Gasteiger partial charge in [0.1, 0.15) is 6.61 Å². The number of rotatable bonds is 7. The number of carbonyl (C=O) groups excluding carboxylic acids is 2. The molecule has 1 unspecified atom stereocenters. The second-order valence-electron chi connectivity index (χ2n) is 6.55. The Labute approximate surface area is 167 Å². The number of esters is 1. The van der Waals surface area contributed by atoms with E-state index < -0.39 is 23.6 Å². The fraction of sp³-hybridized carbons (Fsp3) is 0.429. The summed E-state index contributed by atoms with van der Waals surface area (Å²) in [7, 11) is 3.07. The van der Waals surface area contributed by atoms with Crippen LogP contribution in [0.4, 0.5) is 13.2 Å². The highest BCUT2D eigenvalue weighted by Crippen LogP contribution is 2.44. The molecule has 1 aliphatic heterocycles. The summed E-state index contributed by atoms with van der Waals surface area (Å²) in [6.07, 6.45) is -3.36. The van der Waals surface area contributed by atoms with Crippen LogP contribution >= 0.6 is 0 Å². The number of halogens is 3. The molecule has 0 saturated heterocycles. The van der Waals surface area contributed by atoms with Crippen LogP contribution in [0.5, 0.6) is 0 Å². The molecule has 0 amide bonds. The van der Waals surface area contributed by atoms with E-state index in [0.717, 1.165) is 17.8 Å². The van der Waals surface area contributed by atoms with E-state index >= 15 is 0 Å². The molecular formula is C21H24F3NO4. The third-order valence-electron chi connectivity index (χ3n) is 5.08. The number of carbonyl (C=O) groups is 2. The SMILES string of the molecule is CCC1=C(COC=O)C(c2ccc(C(F)(F)F)cc2)C(C(=O)OC)=C(CC)N1C. The molecule has 0 spiro atoms. The van der Waals surface area contributed by atoms with Crippen molar-refractivity contribution in [1.29, 1.82) is 0 Å². The molecule has 8 heteroatoms. The molecule has 1 atom stereocenters. The highest BCUT2D eigenvalue weighted by molar-refractivity contribution is 5.92. The van der Waals surface area contributed by atoms with E-state index in [1.807, 2.05) is 25.8 Å². The van der Waals surface area contributed by atoms with Crippen LogP contribution in [0.15, 0.2) is 46.8 Å². The van der Waals surface area contributed by atoms with E-state index in [1.165, 1.54) is 19.2 Å². The molecule has 29 heavy (non-hydrogen) atoms. The van der Waals surface area contributed by atoms with Gasteiger partial charge in [0.2, 0.25) is 0 Å². The number of benzene rings is 1. The zero-order chi connectivity index (χ0) is 21.8. The van der Waals surface area contributed by atoms with Gasteiger partial charge in [0.05, 0.1) is 18.2 Å². The summed E-state index contributed by atoms with van der Waals surface area (Å²) in [6.45, 7) is 4.03. The lowest BCUT2D eigenvalue weighted by atomic mass is 9.78. The van der Waals surface area contributed by atoms with Crippen molar-refractivity contribution in [3.05, 3.63) is 57.9 Å². The molecule has 0 fully saturated rings. The normalized spacial score (nSPS) is 17.5. The van der Waals surface area contributed by atoms with Gasteiger partial charge in [0.25, 0.3) is 6.47 Å². The average molecular weight is 411 g/mol. The predicted octanol–water partition coefficient (Wildman–Crippen LogP) is 4.41. The molecule has 1 aromatic rings. The van der Waals surface area contributed by atoms with Gasteiger partial charge in [-0.3, -0.25) is 4.79 Å². The first kappa shape index (κ1) is 22.5. The molecule has 0 aliphatic carbocycles. The number of ether oxygens (including phenoxy) is 2. The van der Waals surface area contributed by atoms with E-state index in [4.69, 9.17) is 9.47 Å². The Morgan fingerprint density at radius 3 is 2.17 bits per heavy atom. The van der Waals surface area contributed by atoms with Crippen molar-refractivity contribution >= 4 is 12.4 Å². The number of nitrogens with zero attached hydrogens (tertiary/aromatic N) is 1. The summed E-state index contributed by atoms with van der Waals surface area (Å²) in [5.41, 5.74) is 2.25. The molecule has 0 N–H and O–H groups in total. The minimum atomic E-state index is -4.46. The number of methoxy groups -OCH3 is 1. The molecule has 0 bridgehead atoms. The maximum absolute atomic E-state index is 13.0. The lowest BCUT2D eigenvalue weighted by molar-refractivity contribution is -0.138. The Kier molecular flexibility index (Phi) is 7.11. The molecule has 1 aromatic carbocycles. The second-order valence-corrected chi connectivity index (χ2v) is 6.55. The molecule has 0 saturated carbocycles. The summed E-state index contributed by atoms with van der Waals surface area (Å²) < 4.78 is 49.0. The highest BCUT2D eigenvalue weighted by Gasteiger charge is 2.38. The van der Waals surface area contributed by atoms with Crippen LogP contribution in [0.2, 0.25) is 0 Å². The van der Waals surface area contributed by atoms with E-state index in [0.29, 0.717) is 41.7 Å². The van der Waals surface area contributed by atoms with Crippen LogP contribution in [0, 0.1) is 0 Å².